The average molecular weight is 330 g/mol. The maximum absolute atomic E-state index is 5.08. The van der Waals surface area contributed by atoms with Gasteiger partial charge in [-0.15, -0.1) is 0 Å². The molecule has 0 saturated heterocycles. The first kappa shape index (κ1) is 15.1. The Labute approximate surface area is 121 Å². The Balaban J connectivity index is 2.38. The van der Waals surface area contributed by atoms with Crippen molar-refractivity contribution in [3.8, 4) is 0 Å². The minimum atomic E-state index is 0.149. The van der Waals surface area contributed by atoms with Crippen molar-refractivity contribution in [2.45, 2.75) is 13.0 Å². The van der Waals surface area contributed by atoms with Gasteiger partial charge in [0.05, 0.1) is 12.8 Å². The number of halogens is 1. The molecular formula is C12H16BrN3OS. The van der Waals surface area contributed by atoms with E-state index in [1.165, 1.54) is 0 Å². The Morgan fingerprint density at radius 1 is 1.61 bits per heavy atom. The predicted molar refractivity (Wildman–Crippen MR) is 81.9 cm³/mol. The molecule has 0 heterocycles. The number of hydrogen-bond donors (Lipinski definition) is 2. The minimum absolute atomic E-state index is 0.149. The van der Waals surface area contributed by atoms with Crippen LogP contribution in [0, 0.1) is 0 Å². The number of nitrogens with zero attached hydrogens (tertiary/aromatic N) is 1. The molecule has 6 heteroatoms. The van der Waals surface area contributed by atoms with Crippen molar-refractivity contribution >= 4 is 39.5 Å². The monoisotopic (exact) mass is 329 g/mol. The summed E-state index contributed by atoms with van der Waals surface area (Å²) in [5, 5.41) is 7.58. The van der Waals surface area contributed by atoms with Gasteiger partial charge in [-0.25, -0.2) is 0 Å². The summed E-state index contributed by atoms with van der Waals surface area (Å²) in [6.07, 6.45) is 1.71. The van der Waals surface area contributed by atoms with Crippen LogP contribution in [-0.4, -0.2) is 31.1 Å². The Hall–Kier alpha value is -0.980. The first-order chi connectivity index (χ1) is 8.61. The smallest absolute Gasteiger partial charge is 0.187 e. The summed E-state index contributed by atoms with van der Waals surface area (Å²) in [6.45, 7) is 2.58. The van der Waals surface area contributed by atoms with Crippen LogP contribution in [0.4, 0.5) is 0 Å². The fourth-order valence-corrected chi connectivity index (χ4v) is 1.97. The van der Waals surface area contributed by atoms with E-state index in [2.05, 4.69) is 31.8 Å². The first-order valence-corrected chi connectivity index (χ1v) is 6.66. The normalized spacial score (nSPS) is 12.4. The third-order valence-corrected chi connectivity index (χ3v) is 2.72. The third-order valence-electron chi connectivity index (χ3n) is 2.02. The van der Waals surface area contributed by atoms with Crippen LogP contribution in [0.1, 0.15) is 12.5 Å². The summed E-state index contributed by atoms with van der Waals surface area (Å²) in [6, 6.07) is 7.98. The summed E-state index contributed by atoms with van der Waals surface area (Å²) in [4.78, 5) is 0. The maximum atomic E-state index is 5.08. The summed E-state index contributed by atoms with van der Waals surface area (Å²) >= 11 is 8.48. The number of hydrogen-bond acceptors (Lipinski definition) is 3. The number of hydrazone groups is 1. The van der Waals surface area contributed by atoms with E-state index in [1.807, 2.05) is 31.2 Å². The van der Waals surface area contributed by atoms with E-state index >= 15 is 0 Å². The lowest BCUT2D eigenvalue weighted by Gasteiger charge is -2.13. The SMILES string of the molecule is COC[C@H](C)NC(=S)N/N=C\c1cccc(Br)c1. The second kappa shape index (κ2) is 8.18. The molecule has 0 saturated carbocycles. The molecule has 0 radical (unpaired) electrons. The molecule has 0 aromatic heterocycles. The van der Waals surface area contributed by atoms with Gasteiger partial charge < -0.3 is 10.1 Å². The average Bonchev–Trinajstić information content (AvgIpc) is 2.29. The van der Waals surface area contributed by atoms with Gasteiger partial charge in [-0.3, -0.25) is 5.43 Å². The number of nitrogens with one attached hydrogen (secondary N) is 2. The molecule has 0 amide bonds. The van der Waals surface area contributed by atoms with Gasteiger partial charge in [-0.05, 0) is 36.8 Å². The third kappa shape index (κ3) is 6.09. The van der Waals surface area contributed by atoms with E-state index in [9.17, 15) is 0 Å². The zero-order valence-corrected chi connectivity index (χ0v) is 12.7. The van der Waals surface area contributed by atoms with Crippen LogP contribution in [0.2, 0.25) is 0 Å². The zero-order chi connectivity index (χ0) is 13.4. The van der Waals surface area contributed by atoms with Crippen LogP contribution in [0.25, 0.3) is 0 Å². The molecule has 1 atom stereocenters. The van der Waals surface area contributed by atoms with Gasteiger partial charge in [0.15, 0.2) is 5.11 Å². The van der Waals surface area contributed by atoms with Crippen molar-refractivity contribution in [2.24, 2.45) is 5.10 Å². The van der Waals surface area contributed by atoms with E-state index in [-0.39, 0.29) is 6.04 Å². The second-order valence-electron chi connectivity index (χ2n) is 3.75. The molecule has 0 unspecified atom stereocenters. The fraction of sp³-hybridized carbons (Fsp3) is 0.333. The lowest BCUT2D eigenvalue weighted by Crippen LogP contribution is -2.40. The van der Waals surface area contributed by atoms with Crippen molar-refractivity contribution < 1.29 is 4.74 Å². The van der Waals surface area contributed by atoms with Crippen LogP contribution >= 0.6 is 28.1 Å². The highest BCUT2D eigenvalue weighted by Gasteiger charge is 2.01. The van der Waals surface area contributed by atoms with Crippen LogP contribution in [0.5, 0.6) is 0 Å². The molecule has 0 fully saturated rings. The van der Waals surface area contributed by atoms with Crippen LogP contribution in [0.15, 0.2) is 33.8 Å². The van der Waals surface area contributed by atoms with Crippen molar-refractivity contribution in [2.75, 3.05) is 13.7 Å². The van der Waals surface area contributed by atoms with Gasteiger partial charge in [-0.1, -0.05) is 28.1 Å². The molecule has 0 aliphatic heterocycles. The highest BCUT2D eigenvalue weighted by Crippen LogP contribution is 2.09. The number of methoxy groups -OCH3 is 1. The van der Waals surface area contributed by atoms with E-state index < -0.39 is 0 Å². The predicted octanol–water partition coefficient (Wildman–Crippen LogP) is 2.28. The van der Waals surface area contributed by atoms with Crippen LogP contribution < -0.4 is 10.7 Å². The quantitative estimate of drug-likeness (QED) is 0.494. The lowest BCUT2D eigenvalue weighted by molar-refractivity contribution is 0.179. The van der Waals surface area contributed by atoms with E-state index in [0.717, 1.165) is 10.0 Å². The number of benzene rings is 1. The van der Waals surface area contributed by atoms with Gasteiger partial charge in [0, 0.05) is 17.6 Å². The molecule has 2 N–H and O–H groups in total. The number of ether oxygens (including phenoxy) is 1. The summed E-state index contributed by atoms with van der Waals surface area (Å²) in [5.41, 5.74) is 3.75. The van der Waals surface area contributed by atoms with Crippen molar-refractivity contribution in [1.29, 1.82) is 0 Å². The first-order valence-electron chi connectivity index (χ1n) is 5.46. The van der Waals surface area contributed by atoms with Crippen LogP contribution in [0.3, 0.4) is 0 Å². The van der Waals surface area contributed by atoms with Gasteiger partial charge in [-0.2, -0.15) is 5.10 Å². The van der Waals surface area contributed by atoms with Gasteiger partial charge in [0.1, 0.15) is 0 Å². The summed E-state index contributed by atoms with van der Waals surface area (Å²) < 4.78 is 6.01. The molecule has 4 nitrogen and oxygen atoms in total. The van der Waals surface area contributed by atoms with E-state index in [4.69, 9.17) is 17.0 Å². The van der Waals surface area contributed by atoms with Gasteiger partial charge in [0.25, 0.3) is 0 Å². The van der Waals surface area contributed by atoms with Gasteiger partial charge in [0.2, 0.25) is 0 Å². The molecule has 1 aromatic carbocycles. The Bertz CT molecular complexity index is 426. The molecule has 0 aliphatic carbocycles. The van der Waals surface area contributed by atoms with E-state index in [1.54, 1.807) is 13.3 Å². The molecule has 18 heavy (non-hydrogen) atoms. The minimum Gasteiger partial charge on any atom is -0.383 e. The largest absolute Gasteiger partial charge is 0.383 e. The molecular weight excluding hydrogens is 314 g/mol. The summed E-state index contributed by atoms with van der Waals surface area (Å²) in [5.74, 6) is 0. The standard InChI is InChI=1S/C12H16BrN3OS/c1-9(8-17-2)15-12(18)16-14-7-10-4-3-5-11(13)6-10/h3-7,9H,8H2,1-2H3,(H2,15,16,18)/b14-7-/t9-/m0/s1. The molecule has 0 aliphatic rings. The number of rotatable bonds is 5. The highest BCUT2D eigenvalue weighted by molar-refractivity contribution is 9.10. The van der Waals surface area contributed by atoms with Crippen molar-refractivity contribution in [3.05, 3.63) is 34.3 Å². The Morgan fingerprint density at radius 3 is 3.06 bits per heavy atom. The van der Waals surface area contributed by atoms with Crippen LogP contribution in [-0.2, 0) is 4.74 Å². The van der Waals surface area contributed by atoms with Crippen molar-refractivity contribution in [3.63, 3.8) is 0 Å². The fourth-order valence-electron chi connectivity index (χ4n) is 1.30. The Morgan fingerprint density at radius 2 is 2.39 bits per heavy atom. The second-order valence-corrected chi connectivity index (χ2v) is 5.08. The molecule has 1 rings (SSSR count). The Kier molecular flexibility index (Phi) is 6.85. The molecule has 98 valence electrons. The zero-order valence-electron chi connectivity index (χ0n) is 10.3. The van der Waals surface area contributed by atoms with Gasteiger partial charge >= 0.3 is 0 Å². The molecule has 0 spiro atoms. The topological polar surface area (TPSA) is 45.6 Å². The molecule has 0 bridgehead atoms. The number of thiocarbonyl (C=S) groups is 1. The lowest BCUT2D eigenvalue weighted by atomic mass is 10.2. The maximum Gasteiger partial charge on any atom is 0.187 e. The highest BCUT2D eigenvalue weighted by atomic mass is 79.9. The summed E-state index contributed by atoms with van der Waals surface area (Å²) in [7, 11) is 1.65. The van der Waals surface area contributed by atoms with Crippen molar-refractivity contribution in [1.82, 2.24) is 10.7 Å². The van der Waals surface area contributed by atoms with E-state index in [0.29, 0.717) is 11.7 Å². The molecule has 1 aromatic rings.